The molecule has 0 amide bonds. The minimum atomic E-state index is -4.66. The largest absolute Gasteiger partial charge is 0.573 e. The van der Waals surface area contributed by atoms with E-state index in [0.717, 1.165) is 60.7 Å². The van der Waals surface area contributed by atoms with Crippen LogP contribution in [-0.2, 0) is 13.1 Å². The molecule has 4 aromatic rings. The van der Waals surface area contributed by atoms with Crippen LogP contribution in [0.15, 0.2) is 72.8 Å². The minimum absolute atomic E-state index is 0.189. The highest BCUT2D eigenvalue weighted by Crippen LogP contribution is 2.24. The number of imidazole rings is 1. The van der Waals surface area contributed by atoms with Gasteiger partial charge in [0.1, 0.15) is 11.6 Å². The molecule has 0 aliphatic carbocycles. The van der Waals surface area contributed by atoms with Crippen LogP contribution < -0.4 is 4.74 Å². The summed E-state index contributed by atoms with van der Waals surface area (Å²) in [6, 6.07) is 22.6. The number of nitrogens with one attached hydrogen (secondary N) is 1. The molecule has 2 heterocycles. The van der Waals surface area contributed by atoms with Gasteiger partial charge in [-0.2, -0.15) is 0 Å². The van der Waals surface area contributed by atoms with Crippen molar-refractivity contribution in [3.63, 3.8) is 0 Å². The Morgan fingerprint density at radius 1 is 0.794 bits per heavy atom. The molecule has 1 aliphatic rings. The Labute approximate surface area is 195 Å². The maximum absolute atomic E-state index is 12.3. The predicted molar refractivity (Wildman–Crippen MR) is 125 cm³/mol. The number of aromatic amines is 1. The summed E-state index contributed by atoms with van der Waals surface area (Å²) in [5.74, 6) is 0.686. The van der Waals surface area contributed by atoms with Gasteiger partial charge in [-0.25, -0.2) is 4.98 Å². The molecule has 1 saturated heterocycles. The maximum atomic E-state index is 12.3. The van der Waals surface area contributed by atoms with Gasteiger partial charge in [-0.05, 0) is 35.4 Å². The minimum Gasteiger partial charge on any atom is -0.406 e. The van der Waals surface area contributed by atoms with Gasteiger partial charge in [0.05, 0.1) is 11.0 Å². The second kappa shape index (κ2) is 9.48. The first-order valence-electron chi connectivity index (χ1n) is 11.2. The van der Waals surface area contributed by atoms with Crippen LogP contribution >= 0.6 is 0 Å². The van der Waals surface area contributed by atoms with Gasteiger partial charge < -0.3 is 9.72 Å². The highest BCUT2D eigenvalue weighted by atomic mass is 19.4. The van der Waals surface area contributed by atoms with Crippen LogP contribution in [0.5, 0.6) is 5.75 Å². The SMILES string of the molecule is FC(F)(F)Oc1ccc(CN2CCN(Cc3ccc4nc(-c5ccccc5)[nH]c4c3)CC2)cc1. The van der Waals surface area contributed by atoms with E-state index >= 15 is 0 Å². The number of hydrogen-bond donors (Lipinski definition) is 1. The molecule has 5 rings (SSSR count). The van der Waals surface area contributed by atoms with Gasteiger partial charge in [-0.3, -0.25) is 9.80 Å². The summed E-state index contributed by atoms with van der Waals surface area (Å²) in [7, 11) is 0. The normalized spacial score (nSPS) is 15.6. The molecule has 8 heteroatoms. The number of ether oxygens (including phenoxy) is 1. The second-order valence-corrected chi connectivity index (χ2v) is 8.55. The molecule has 3 aromatic carbocycles. The zero-order valence-electron chi connectivity index (χ0n) is 18.6. The summed E-state index contributed by atoms with van der Waals surface area (Å²) < 4.78 is 40.9. The average molecular weight is 467 g/mol. The van der Waals surface area contributed by atoms with E-state index in [1.807, 2.05) is 30.3 Å². The van der Waals surface area contributed by atoms with Gasteiger partial charge in [0.2, 0.25) is 0 Å². The van der Waals surface area contributed by atoms with Crippen LogP contribution in [0.2, 0.25) is 0 Å². The van der Waals surface area contributed by atoms with Crippen LogP contribution in [0.1, 0.15) is 11.1 Å². The molecular weight excluding hydrogens is 441 g/mol. The second-order valence-electron chi connectivity index (χ2n) is 8.55. The van der Waals surface area contributed by atoms with Gasteiger partial charge in [0.15, 0.2) is 0 Å². The van der Waals surface area contributed by atoms with E-state index in [2.05, 4.69) is 37.7 Å². The molecule has 0 unspecified atom stereocenters. The fourth-order valence-corrected chi connectivity index (χ4v) is 4.31. The summed E-state index contributed by atoms with van der Waals surface area (Å²) in [5.41, 5.74) is 5.28. The fourth-order valence-electron chi connectivity index (χ4n) is 4.31. The molecule has 0 bridgehead atoms. The molecule has 34 heavy (non-hydrogen) atoms. The number of H-pyrrole nitrogens is 1. The third-order valence-corrected chi connectivity index (χ3v) is 6.03. The van der Waals surface area contributed by atoms with Crippen molar-refractivity contribution in [3.8, 4) is 17.1 Å². The van der Waals surface area contributed by atoms with E-state index in [1.165, 1.54) is 17.7 Å². The maximum Gasteiger partial charge on any atom is 0.573 e. The highest BCUT2D eigenvalue weighted by Gasteiger charge is 2.31. The third kappa shape index (κ3) is 5.58. The van der Waals surface area contributed by atoms with Crippen molar-refractivity contribution in [3.05, 3.63) is 83.9 Å². The fraction of sp³-hybridized carbons (Fsp3) is 0.269. The molecule has 0 saturated carbocycles. The topological polar surface area (TPSA) is 44.4 Å². The first kappa shape index (κ1) is 22.4. The highest BCUT2D eigenvalue weighted by molar-refractivity contribution is 5.80. The Hall–Kier alpha value is -3.36. The van der Waals surface area contributed by atoms with E-state index < -0.39 is 6.36 Å². The van der Waals surface area contributed by atoms with E-state index in [0.29, 0.717) is 6.54 Å². The summed E-state index contributed by atoms with van der Waals surface area (Å²) in [6.45, 7) is 5.27. The molecule has 176 valence electrons. The summed E-state index contributed by atoms with van der Waals surface area (Å²) in [5, 5.41) is 0. The standard InChI is InChI=1S/C26H25F3N4O/c27-26(28,29)34-22-9-6-19(7-10-22)17-32-12-14-33(15-13-32)18-20-8-11-23-24(16-20)31-25(30-23)21-4-2-1-3-5-21/h1-11,16H,12-15,17-18H2,(H,30,31). The number of nitrogens with zero attached hydrogens (tertiary/aromatic N) is 3. The van der Waals surface area contributed by atoms with Crippen molar-refractivity contribution >= 4 is 11.0 Å². The quantitative estimate of drug-likeness (QED) is 0.411. The van der Waals surface area contributed by atoms with Crippen LogP contribution in [0.4, 0.5) is 13.2 Å². The molecule has 1 aliphatic heterocycles. The summed E-state index contributed by atoms with van der Waals surface area (Å²) >= 11 is 0. The average Bonchev–Trinajstić information content (AvgIpc) is 3.25. The van der Waals surface area contributed by atoms with Crippen LogP contribution in [0.25, 0.3) is 22.4 Å². The first-order chi connectivity index (χ1) is 16.4. The van der Waals surface area contributed by atoms with Crippen LogP contribution in [0.3, 0.4) is 0 Å². The molecule has 0 radical (unpaired) electrons. The van der Waals surface area contributed by atoms with Gasteiger partial charge >= 0.3 is 6.36 Å². The Morgan fingerprint density at radius 3 is 2.06 bits per heavy atom. The van der Waals surface area contributed by atoms with Gasteiger partial charge in [0.25, 0.3) is 0 Å². The van der Waals surface area contributed by atoms with Gasteiger partial charge in [-0.1, -0.05) is 48.5 Å². The lowest BCUT2D eigenvalue weighted by Crippen LogP contribution is -2.45. The smallest absolute Gasteiger partial charge is 0.406 e. The number of piperazine rings is 1. The Morgan fingerprint density at radius 2 is 1.41 bits per heavy atom. The number of halogens is 3. The van der Waals surface area contributed by atoms with Crippen molar-refractivity contribution < 1.29 is 17.9 Å². The molecule has 1 aromatic heterocycles. The molecule has 5 nitrogen and oxygen atoms in total. The number of rotatable bonds is 6. The van der Waals surface area contributed by atoms with E-state index in [1.54, 1.807) is 12.1 Å². The number of aromatic nitrogens is 2. The predicted octanol–water partition coefficient (Wildman–Crippen LogP) is 5.45. The Balaban J connectivity index is 1.15. The molecule has 0 atom stereocenters. The van der Waals surface area contributed by atoms with Crippen LogP contribution in [-0.4, -0.2) is 52.3 Å². The molecule has 1 N–H and O–H groups in total. The first-order valence-corrected chi connectivity index (χ1v) is 11.2. The van der Waals surface area contributed by atoms with E-state index in [9.17, 15) is 13.2 Å². The lowest BCUT2D eigenvalue weighted by molar-refractivity contribution is -0.274. The molecular formula is C26H25F3N4O. The lowest BCUT2D eigenvalue weighted by Gasteiger charge is -2.34. The van der Waals surface area contributed by atoms with Gasteiger partial charge in [0, 0.05) is 44.8 Å². The monoisotopic (exact) mass is 466 g/mol. The lowest BCUT2D eigenvalue weighted by atomic mass is 10.1. The van der Waals surface area contributed by atoms with E-state index in [-0.39, 0.29) is 5.75 Å². The van der Waals surface area contributed by atoms with Crippen molar-refractivity contribution in [1.29, 1.82) is 0 Å². The van der Waals surface area contributed by atoms with E-state index in [4.69, 9.17) is 4.98 Å². The van der Waals surface area contributed by atoms with Crippen LogP contribution in [0, 0.1) is 0 Å². The number of alkyl halides is 3. The Kier molecular flexibility index (Phi) is 6.26. The summed E-state index contributed by atoms with van der Waals surface area (Å²) in [6.07, 6.45) is -4.66. The number of benzene rings is 3. The zero-order chi connectivity index (χ0) is 23.5. The molecule has 0 spiro atoms. The Bertz CT molecular complexity index is 1230. The number of fused-ring (bicyclic) bond motifs is 1. The van der Waals surface area contributed by atoms with Crippen molar-refractivity contribution in [1.82, 2.24) is 19.8 Å². The van der Waals surface area contributed by atoms with Gasteiger partial charge in [-0.15, -0.1) is 13.2 Å². The van der Waals surface area contributed by atoms with Crippen molar-refractivity contribution in [2.45, 2.75) is 19.5 Å². The summed E-state index contributed by atoms with van der Waals surface area (Å²) in [4.78, 5) is 12.9. The number of hydrogen-bond acceptors (Lipinski definition) is 4. The zero-order valence-corrected chi connectivity index (χ0v) is 18.6. The third-order valence-electron chi connectivity index (χ3n) is 6.03. The molecule has 1 fully saturated rings. The van der Waals surface area contributed by atoms with Crippen molar-refractivity contribution in [2.75, 3.05) is 26.2 Å². The van der Waals surface area contributed by atoms with Crippen molar-refractivity contribution in [2.24, 2.45) is 0 Å².